The van der Waals surface area contributed by atoms with Gasteiger partial charge in [-0.2, -0.15) is 0 Å². The molecular weight excluding hydrogens is 312 g/mol. The zero-order valence-electron chi connectivity index (χ0n) is 12.1. The van der Waals surface area contributed by atoms with Crippen molar-refractivity contribution in [3.63, 3.8) is 0 Å². The van der Waals surface area contributed by atoms with Crippen LogP contribution in [0.5, 0.6) is 5.75 Å². The van der Waals surface area contributed by atoms with Gasteiger partial charge in [-0.05, 0) is 37.9 Å². The number of ether oxygens (including phenoxy) is 1. The molecule has 1 heterocycles. The minimum atomic E-state index is -3.41. The second-order valence-electron chi connectivity index (χ2n) is 5.20. The van der Waals surface area contributed by atoms with Gasteiger partial charge in [0.05, 0.1) is 23.6 Å². The van der Waals surface area contributed by atoms with Gasteiger partial charge in [-0.15, -0.1) is 0 Å². The van der Waals surface area contributed by atoms with Crippen LogP contribution < -0.4 is 14.8 Å². The highest BCUT2D eigenvalue weighted by Crippen LogP contribution is 2.27. The first kappa shape index (κ1) is 16.4. The molecule has 0 radical (unpaired) electrons. The molecule has 1 aromatic carbocycles. The quantitative estimate of drug-likeness (QED) is 0.840. The molecule has 5 nitrogen and oxygen atoms in total. The van der Waals surface area contributed by atoms with Gasteiger partial charge in [0.15, 0.2) is 0 Å². The molecule has 1 aliphatic heterocycles. The molecule has 1 aliphatic rings. The molecule has 0 aliphatic carbocycles. The molecule has 21 heavy (non-hydrogen) atoms. The molecule has 7 heteroatoms. The number of piperidine rings is 1. The van der Waals surface area contributed by atoms with Crippen LogP contribution in [0.25, 0.3) is 0 Å². The standard InChI is InChI=1S/C14H21ClN2O3S/c1-20-12-5-6-13(15)14(10-12)17-21(18,19)9-7-11-4-2-3-8-16-11/h5-6,10-11,16-17H,2-4,7-9H2,1H3. The SMILES string of the molecule is COc1ccc(Cl)c(NS(=O)(=O)CCC2CCCCN2)c1. The van der Waals surface area contributed by atoms with E-state index in [2.05, 4.69) is 10.0 Å². The van der Waals surface area contributed by atoms with Crippen LogP contribution in [0.2, 0.25) is 5.02 Å². The maximum Gasteiger partial charge on any atom is 0.232 e. The topological polar surface area (TPSA) is 67.4 Å². The Hall–Kier alpha value is -0.980. The molecule has 0 saturated carbocycles. The van der Waals surface area contributed by atoms with Crippen LogP contribution in [0.15, 0.2) is 18.2 Å². The molecule has 1 atom stereocenters. The summed E-state index contributed by atoms with van der Waals surface area (Å²) in [5.41, 5.74) is 0.354. The lowest BCUT2D eigenvalue weighted by Gasteiger charge is -2.23. The van der Waals surface area contributed by atoms with E-state index in [1.165, 1.54) is 13.5 Å². The number of nitrogens with one attached hydrogen (secondary N) is 2. The van der Waals surface area contributed by atoms with E-state index < -0.39 is 10.0 Å². The van der Waals surface area contributed by atoms with E-state index in [1.54, 1.807) is 18.2 Å². The van der Waals surface area contributed by atoms with Crippen molar-refractivity contribution >= 4 is 27.3 Å². The van der Waals surface area contributed by atoms with E-state index in [0.717, 1.165) is 19.4 Å². The molecule has 0 spiro atoms. The average molecular weight is 333 g/mol. The summed E-state index contributed by atoms with van der Waals surface area (Å²) < 4.78 is 31.9. The van der Waals surface area contributed by atoms with Gasteiger partial charge in [-0.25, -0.2) is 8.42 Å². The van der Waals surface area contributed by atoms with E-state index in [-0.39, 0.29) is 11.8 Å². The number of anilines is 1. The van der Waals surface area contributed by atoms with Gasteiger partial charge < -0.3 is 10.1 Å². The van der Waals surface area contributed by atoms with Crippen LogP contribution in [0.1, 0.15) is 25.7 Å². The Morgan fingerprint density at radius 2 is 2.24 bits per heavy atom. The van der Waals surface area contributed by atoms with E-state index in [4.69, 9.17) is 16.3 Å². The summed E-state index contributed by atoms with van der Waals surface area (Å²) in [7, 11) is -1.89. The maximum absolute atomic E-state index is 12.2. The lowest BCUT2D eigenvalue weighted by atomic mass is 10.0. The summed E-state index contributed by atoms with van der Waals surface area (Å²) in [5.74, 6) is 0.643. The van der Waals surface area contributed by atoms with Crippen molar-refractivity contribution in [1.82, 2.24) is 5.32 Å². The smallest absolute Gasteiger partial charge is 0.232 e. The van der Waals surface area contributed by atoms with Gasteiger partial charge in [0, 0.05) is 12.1 Å². The third kappa shape index (κ3) is 5.05. The number of methoxy groups -OCH3 is 1. The largest absolute Gasteiger partial charge is 0.497 e. The Bertz CT molecular complexity index is 572. The molecule has 1 unspecified atom stereocenters. The maximum atomic E-state index is 12.2. The van der Waals surface area contributed by atoms with Crippen molar-refractivity contribution in [2.24, 2.45) is 0 Å². The second-order valence-corrected chi connectivity index (χ2v) is 7.45. The van der Waals surface area contributed by atoms with Crippen LogP contribution in [0.4, 0.5) is 5.69 Å². The van der Waals surface area contributed by atoms with Crippen molar-refractivity contribution in [1.29, 1.82) is 0 Å². The van der Waals surface area contributed by atoms with Crippen LogP contribution in [-0.2, 0) is 10.0 Å². The fraction of sp³-hybridized carbons (Fsp3) is 0.571. The molecule has 1 fully saturated rings. The first-order valence-electron chi connectivity index (χ1n) is 7.07. The highest BCUT2D eigenvalue weighted by Gasteiger charge is 2.18. The molecule has 1 saturated heterocycles. The van der Waals surface area contributed by atoms with Crippen molar-refractivity contribution < 1.29 is 13.2 Å². The minimum absolute atomic E-state index is 0.0816. The van der Waals surface area contributed by atoms with Gasteiger partial charge in [-0.3, -0.25) is 4.72 Å². The molecule has 118 valence electrons. The Kier molecular flexibility index (Phi) is 5.72. The number of hydrogen-bond acceptors (Lipinski definition) is 4. The van der Waals surface area contributed by atoms with Crippen molar-refractivity contribution in [2.45, 2.75) is 31.7 Å². The van der Waals surface area contributed by atoms with Gasteiger partial charge in [0.2, 0.25) is 10.0 Å². The highest BCUT2D eigenvalue weighted by molar-refractivity contribution is 7.92. The molecule has 1 aromatic rings. The van der Waals surface area contributed by atoms with E-state index in [0.29, 0.717) is 22.9 Å². The van der Waals surface area contributed by atoms with Gasteiger partial charge >= 0.3 is 0 Å². The summed E-state index contributed by atoms with van der Waals surface area (Å²) in [5, 5.41) is 3.70. The summed E-state index contributed by atoms with van der Waals surface area (Å²) in [6.07, 6.45) is 3.97. The first-order valence-corrected chi connectivity index (χ1v) is 9.10. The summed E-state index contributed by atoms with van der Waals surface area (Å²) in [4.78, 5) is 0. The Morgan fingerprint density at radius 1 is 1.43 bits per heavy atom. The first-order chi connectivity index (χ1) is 10.00. The van der Waals surface area contributed by atoms with Crippen molar-refractivity contribution in [3.05, 3.63) is 23.2 Å². The Labute approximate surface area is 131 Å². The molecule has 2 rings (SSSR count). The lowest BCUT2D eigenvalue weighted by Crippen LogP contribution is -2.36. The lowest BCUT2D eigenvalue weighted by molar-refractivity contribution is 0.393. The molecule has 0 bridgehead atoms. The summed E-state index contributed by atoms with van der Waals surface area (Å²) in [6, 6.07) is 5.17. The van der Waals surface area contributed by atoms with Crippen LogP contribution in [0.3, 0.4) is 0 Å². The monoisotopic (exact) mass is 332 g/mol. The zero-order chi connectivity index (χ0) is 15.3. The third-order valence-corrected chi connectivity index (χ3v) is 5.22. The van der Waals surface area contributed by atoms with E-state index >= 15 is 0 Å². The van der Waals surface area contributed by atoms with Crippen molar-refractivity contribution in [2.75, 3.05) is 24.1 Å². The van der Waals surface area contributed by atoms with Gasteiger partial charge in [0.25, 0.3) is 0 Å². The average Bonchev–Trinajstić information content (AvgIpc) is 2.48. The van der Waals surface area contributed by atoms with E-state index in [1.807, 2.05) is 0 Å². The molecule has 2 N–H and O–H groups in total. The van der Waals surface area contributed by atoms with Crippen LogP contribution in [0, 0.1) is 0 Å². The predicted octanol–water partition coefficient (Wildman–Crippen LogP) is 2.62. The third-order valence-electron chi connectivity index (χ3n) is 3.59. The fourth-order valence-electron chi connectivity index (χ4n) is 2.40. The number of benzene rings is 1. The van der Waals surface area contributed by atoms with Crippen LogP contribution >= 0.6 is 11.6 Å². The molecule has 0 aromatic heterocycles. The number of hydrogen-bond donors (Lipinski definition) is 2. The number of rotatable bonds is 6. The minimum Gasteiger partial charge on any atom is -0.497 e. The highest BCUT2D eigenvalue weighted by atomic mass is 35.5. The number of sulfonamides is 1. The second kappa shape index (κ2) is 7.33. The normalized spacial score (nSPS) is 19.2. The van der Waals surface area contributed by atoms with Crippen LogP contribution in [-0.4, -0.2) is 33.9 Å². The van der Waals surface area contributed by atoms with Gasteiger partial charge in [0.1, 0.15) is 5.75 Å². The Balaban J connectivity index is 1.96. The van der Waals surface area contributed by atoms with Gasteiger partial charge in [-0.1, -0.05) is 18.0 Å². The fourth-order valence-corrected chi connectivity index (χ4v) is 3.82. The van der Waals surface area contributed by atoms with Crippen molar-refractivity contribution in [3.8, 4) is 5.75 Å². The summed E-state index contributed by atoms with van der Waals surface area (Å²) in [6.45, 7) is 0.972. The molecular formula is C14H21ClN2O3S. The zero-order valence-corrected chi connectivity index (χ0v) is 13.6. The van der Waals surface area contributed by atoms with E-state index in [9.17, 15) is 8.42 Å². The Morgan fingerprint density at radius 3 is 2.90 bits per heavy atom. The molecule has 0 amide bonds. The predicted molar refractivity (Wildman–Crippen MR) is 85.7 cm³/mol. The number of halogens is 1. The summed E-state index contributed by atoms with van der Waals surface area (Å²) >= 11 is 6.01.